The second-order valence-electron chi connectivity index (χ2n) is 11.2. The van der Waals surface area contributed by atoms with E-state index in [4.69, 9.17) is 9.72 Å². The number of nitrogens with one attached hydrogen (secondary N) is 1. The first-order valence-electron chi connectivity index (χ1n) is 13.3. The molecule has 1 N–H and O–H groups in total. The monoisotopic (exact) mass is 508 g/mol. The third-order valence-corrected chi connectivity index (χ3v) is 7.53. The Hall–Kier alpha value is -3.23. The van der Waals surface area contributed by atoms with E-state index in [2.05, 4.69) is 34.0 Å². The molecule has 9 nitrogen and oxygen atoms in total. The maximum atomic E-state index is 13.6. The summed E-state index contributed by atoms with van der Waals surface area (Å²) in [6.45, 7) is 12.7. The van der Waals surface area contributed by atoms with Crippen molar-refractivity contribution in [2.24, 2.45) is 5.92 Å². The molecule has 1 aliphatic carbocycles. The Morgan fingerprint density at radius 2 is 1.89 bits per heavy atom. The van der Waals surface area contributed by atoms with Gasteiger partial charge in [-0.15, -0.1) is 0 Å². The fraction of sp³-hybridized carbons (Fsp3) is 0.607. The summed E-state index contributed by atoms with van der Waals surface area (Å²) in [7, 11) is 1.36. The second-order valence-corrected chi connectivity index (χ2v) is 11.2. The molecule has 2 aromatic rings. The van der Waals surface area contributed by atoms with Crippen molar-refractivity contribution in [3.05, 3.63) is 41.0 Å². The van der Waals surface area contributed by atoms with Crippen LogP contribution in [-0.2, 0) is 4.74 Å². The Bertz CT molecular complexity index is 1140. The molecule has 3 heterocycles. The summed E-state index contributed by atoms with van der Waals surface area (Å²) in [6, 6.07) is 3.79. The lowest BCUT2D eigenvalue weighted by molar-refractivity contribution is 0.0506. The predicted molar refractivity (Wildman–Crippen MR) is 144 cm³/mol. The number of methoxy groups -OCH3 is 1. The van der Waals surface area contributed by atoms with Crippen LogP contribution in [0.2, 0.25) is 0 Å². The average molecular weight is 509 g/mol. The summed E-state index contributed by atoms with van der Waals surface area (Å²) >= 11 is 0. The van der Waals surface area contributed by atoms with E-state index < -0.39 is 11.5 Å². The number of hydrogen-bond donors (Lipinski definition) is 1. The van der Waals surface area contributed by atoms with Crippen LogP contribution in [0.1, 0.15) is 91.5 Å². The van der Waals surface area contributed by atoms with Crippen molar-refractivity contribution in [2.75, 3.05) is 43.5 Å². The number of pyridine rings is 1. The molecule has 2 fully saturated rings. The number of carbonyl (C=O) groups is 2. The average Bonchev–Trinajstić information content (AvgIpc) is 3.40. The molecule has 1 aliphatic heterocycles. The Balaban J connectivity index is 1.49. The van der Waals surface area contributed by atoms with Gasteiger partial charge >= 0.3 is 5.97 Å². The largest absolute Gasteiger partial charge is 0.464 e. The summed E-state index contributed by atoms with van der Waals surface area (Å²) in [5, 5.41) is 3.50. The number of anilines is 2. The number of amides is 1. The van der Waals surface area contributed by atoms with Gasteiger partial charge < -0.3 is 19.9 Å². The second kappa shape index (κ2) is 11.0. The highest BCUT2D eigenvalue weighted by Gasteiger charge is 2.38. The van der Waals surface area contributed by atoms with E-state index in [-0.39, 0.29) is 11.8 Å². The van der Waals surface area contributed by atoms with Crippen LogP contribution in [0.15, 0.2) is 18.3 Å². The highest BCUT2D eigenvalue weighted by Crippen LogP contribution is 2.29. The highest BCUT2D eigenvalue weighted by atomic mass is 16.5. The van der Waals surface area contributed by atoms with Crippen LogP contribution >= 0.6 is 0 Å². The van der Waals surface area contributed by atoms with E-state index in [1.165, 1.54) is 32.8 Å². The molecule has 0 unspecified atom stereocenters. The van der Waals surface area contributed by atoms with Crippen LogP contribution < -0.4 is 10.2 Å². The molecule has 0 radical (unpaired) electrons. The number of carbonyl (C=O) groups excluding carboxylic acids is 2. The fourth-order valence-electron chi connectivity index (χ4n) is 5.36. The van der Waals surface area contributed by atoms with Gasteiger partial charge in [-0.2, -0.15) is 0 Å². The number of rotatable bonds is 7. The summed E-state index contributed by atoms with van der Waals surface area (Å²) in [6.07, 6.45) is 6.74. The smallest absolute Gasteiger partial charge is 0.357 e. The SMILES string of the molecule is COC(=O)c1nc(N2CCN(C(=O)c3cnc(NCC4CCCC4)c(C(C)C)n3)C(C)(C)C2)ccc1C. The van der Waals surface area contributed by atoms with Gasteiger partial charge in [-0.3, -0.25) is 4.79 Å². The van der Waals surface area contributed by atoms with Crippen LogP contribution in [0.5, 0.6) is 0 Å². The van der Waals surface area contributed by atoms with Crippen molar-refractivity contribution < 1.29 is 14.3 Å². The number of ether oxygens (including phenoxy) is 1. The lowest BCUT2D eigenvalue weighted by atomic mass is 9.98. The number of hydrogen-bond acceptors (Lipinski definition) is 8. The van der Waals surface area contributed by atoms with E-state index in [9.17, 15) is 9.59 Å². The third-order valence-electron chi connectivity index (χ3n) is 7.53. The van der Waals surface area contributed by atoms with E-state index >= 15 is 0 Å². The van der Waals surface area contributed by atoms with Gasteiger partial charge in [0.05, 0.1) is 24.5 Å². The molecule has 1 saturated carbocycles. The molecular weight excluding hydrogens is 468 g/mol. The van der Waals surface area contributed by atoms with Gasteiger partial charge in [-0.05, 0) is 57.1 Å². The van der Waals surface area contributed by atoms with Gasteiger partial charge in [0.25, 0.3) is 5.91 Å². The van der Waals surface area contributed by atoms with Gasteiger partial charge in [0.15, 0.2) is 5.69 Å². The summed E-state index contributed by atoms with van der Waals surface area (Å²) in [4.78, 5) is 43.8. The first kappa shape index (κ1) is 26.8. The zero-order valence-electron chi connectivity index (χ0n) is 23.0. The number of esters is 1. The van der Waals surface area contributed by atoms with Crippen molar-refractivity contribution in [3.8, 4) is 0 Å². The van der Waals surface area contributed by atoms with E-state index in [1.54, 1.807) is 6.20 Å². The number of nitrogens with zero attached hydrogens (tertiary/aromatic N) is 5. The van der Waals surface area contributed by atoms with Crippen LogP contribution in [0, 0.1) is 12.8 Å². The van der Waals surface area contributed by atoms with Crippen molar-refractivity contribution in [2.45, 2.75) is 71.8 Å². The Kier molecular flexibility index (Phi) is 7.99. The summed E-state index contributed by atoms with van der Waals surface area (Å²) < 4.78 is 4.88. The lowest BCUT2D eigenvalue weighted by Gasteiger charge is -2.47. The minimum Gasteiger partial charge on any atom is -0.464 e. The number of aryl methyl sites for hydroxylation is 1. The van der Waals surface area contributed by atoms with Crippen LogP contribution in [0.3, 0.4) is 0 Å². The Labute approximate surface area is 220 Å². The molecular formula is C28H40N6O3. The first-order valence-corrected chi connectivity index (χ1v) is 13.3. The maximum absolute atomic E-state index is 13.6. The Morgan fingerprint density at radius 1 is 1.16 bits per heavy atom. The Morgan fingerprint density at radius 3 is 2.54 bits per heavy atom. The summed E-state index contributed by atoms with van der Waals surface area (Å²) in [5.41, 5.74) is 1.81. The van der Waals surface area contributed by atoms with Crippen molar-refractivity contribution in [1.29, 1.82) is 0 Å². The van der Waals surface area contributed by atoms with Gasteiger partial charge in [-0.25, -0.2) is 19.7 Å². The molecule has 200 valence electrons. The third kappa shape index (κ3) is 5.86. The standard InChI is InChI=1S/C28H40N6O3/c1-18(2)23-25(29-15-20-9-7-8-10-20)30-16-21(31-23)26(35)34-14-13-33(17-28(34,4)5)22-12-11-19(3)24(32-22)27(36)37-6/h11-12,16,18,20H,7-10,13-15,17H2,1-6H3,(H,29,30). The summed E-state index contributed by atoms with van der Waals surface area (Å²) in [5.74, 6) is 1.75. The minimum atomic E-state index is -0.480. The van der Waals surface area contributed by atoms with Crippen molar-refractivity contribution in [1.82, 2.24) is 19.9 Å². The minimum absolute atomic E-state index is 0.117. The molecule has 1 amide bonds. The normalized spacial score (nSPS) is 17.8. The number of piperazine rings is 1. The molecule has 4 rings (SSSR count). The quantitative estimate of drug-likeness (QED) is 0.548. The van der Waals surface area contributed by atoms with Gasteiger partial charge in [0.2, 0.25) is 0 Å². The molecule has 2 aliphatic rings. The molecule has 0 spiro atoms. The highest BCUT2D eigenvalue weighted by molar-refractivity contribution is 5.93. The van der Waals surface area contributed by atoms with E-state index in [1.807, 2.05) is 37.8 Å². The van der Waals surface area contributed by atoms with Gasteiger partial charge in [0, 0.05) is 26.2 Å². The van der Waals surface area contributed by atoms with Gasteiger partial charge in [-0.1, -0.05) is 32.8 Å². The number of aromatic nitrogens is 3. The zero-order valence-corrected chi connectivity index (χ0v) is 23.0. The molecule has 2 aromatic heterocycles. The fourth-order valence-corrected chi connectivity index (χ4v) is 5.36. The molecule has 0 bridgehead atoms. The van der Waals surface area contributed by atoms with Gasteiger partial charge in [0.1, 0.15) is 17.3 Å². The predicted octanol–water partition coefficient (Wildman–Crippen LogP) is 4.43. The van der Waals surface area contributed by atoms with Crippen LogP contribution in [0.25, 0.3) is 0 Å². The van der Waals surface area contributed by atoms with Crippen molar-refractivity contribution >= 4 is 23.5 Å². The first-order chi connectivity index (χ1) is 17.6. The molecule has 0 aromatic carbocycles. The zero-order chi connectivity index (χ0) is 26.7. The molecule has 37 heavy (non-hydrogen) atoms. The lowest BCUT2D eigenvalue weighted by Crippen LogP contribution is -2.61. The van der Waals surface area contributed by atoms with Crippen molar-refractivity contribution in [3.63, 3.8) is 0 Å². The van der Waals surface area contributed by atoms with Crippen LogP contribution in [-0.4, -0.2) is 70.6 Å². The molecule has 1 saturated heterocycles. The van der Waals surface area contributed by atoms with E-state index in [0.717, 1.165) is 23.6 Å². The van der Waals surface area contributed by atoms with Crippen LogP contribution in [0.4, 0.5) is 11.6 Å². The van der Waals surface area contributed by atoms with E-state index in [0.29, 0.717) is 42.8 Å². The molecule has 9 heteroatoms. The topological polar surface area (TPSA) is 101 Å². The molecule has 0 atom stereocenters. The maximum Gasteiger partial charge on any atom is 0.357 e.